The van der Waals surface area contributed by atoms with Crippen LogP contribution in [0.15, 0.2) is 0 Å². The number of hydrogen-bond donors (Lipinski definition) is 0. The van der Waals surface area contributed by atoms with Crippen LogP contribution in [0.3, 0.4) is 0 Å². The molecule has 6 aliphatic rings. The van der Waals surface area contributed by atoms with Gasteiger partial charge in [0, 0.05) is 23.2 Å². The van der Waals surface area contributed by atoms with Crippen molar-refractivity contribution in [2.24, 2.45) is 39.4 Å². The van der Waals surface area contributed by atoms with Gasteiger partial charge in [-0.05, 0) is 67.6 Å². The van der Waals surface area contributed by atoms with Crippen molar-refractivity contribution in [1.82, 2.24) is 8.61 Å². The molecule has 8 nitrogen and oxygen atoms in total. The first-order valence-corrected chi connectivity index (χ1v) is 18.9. The van der Waals surface area contributed by atoms with Crippen LogP contribution in [0.5, 0.6) is 0 Å². The molecule has 0 aromatic rings. The average molecular weight is 597 g/mol. The Morgan fingerprint density at radius 1 is 0.775 bits per heavy atom. The Bertz CT molecular complexity index is 1320. The molecule has 4 bridgehead atoms. The molecule has 40 heavy (non-hydrogen) atoms. The van der Waals surface area contributed by atoms with Crippen molar-refractivity contribution in [3.63, 3.8) is 0 Å². The largest absolute Gasteiger partial charge is 0.274 e. The number of rotatable bonds is 8. The SMILES string of the molecule is CCCCCC[C@H](CC(=O)N1[C@@H]2C[C@H]3CC[C@]2(CS1(=O)=O)C3(C)C)C(=O)N1[C@@H]2C[C@H]3CC[C@]2(CS1(=O)=O)C3(C)C. The molecule has 7 atom stereocenters. The van der Waals surface area contributed by atoms with Crippen molar-refractivity contribution in [3.8, 4) is 0 Å². The quantitative estimate of drug-likeness (QED) is 0.376. The molecule has 0 aromatic carbocycles. The zero-order valence-electron chi connectivity index (χ0n) is 24.9. The third-order valence-electron chi connectivity index (χ3n) is 13.5. The fraction of sp³-hybridized carbons (Fsp3) is 0.933. The van der Waals surface area contributed by atoms with Gasteiger partial charge in [0.15, 0.2) is 0 Å². The van der Waals surface area contributed by atoms with Crippen molar-refractivity contribution in [2.75, 3.05) is 11.5 Å². The van der Waals surface area contributed by atoms with E-state index in [0.717, 1.165) is 49.3 Å². The predicted molar refractivity (Wildman–Crippen MR) is 153 cm³/mol. The van der Waals surface area contributed by atoms with Crippen LogP contribution in [0.1, 0.15) is 112 Å². The van der Waals surface area contributed by atoms with Gasteiger partial charge in [-0.15, -0.1) is 0 Å². The molecule has 4 aliphatic carbocycles. The van der Waals surface area contributed by atoms with Gasteiger partial charge in [-0.3, -0.25) is 9.59 Å². The molecular formula is C30H48N2O6S2. The van der Waals surface area contributed by atoms with Gasteiger partial charge in [-0.2, -0.15) is 0 Å². The number of unbranched alkanes of at least 4 members (excludes halogenated alkanes) is 3. The summed E-state index contributed by atoms with van der Waals surface area (Å²) >= 11 is 0. The molecule has 6 rings (SSSR count). The van der Waals surface area contributed by atoms with E-state index >= 15 is 0 Å². The van der Waals surface area contributed by atoms with E-state index in [1.165, 1.54) is 4.31 Å². The Morgan fingerprint density at radius 2 is 1.27 bits per heavy atom. The van der Waals surface area contributed by atoms with E-state index in [0.29, 0.717) is 37.5 Å². The second-order valence-corrected chi connectivity index (χ2v) is 19.0. The van der Waals surface area contributed by atoms with E-state index in [4.69, 9.17) is 0 Å². The van der Waals surface area contributed by atoms with Crippen molar-refractivity contribution in [1.29, 1.82) is 0 Å². The van der Waals surface area contributed by atoms with Crippen LogP contribution >= 0.6 is 0 Å². The number of fused-ring (bicyclic) bond motifs is 2. The number of hydrogen-bond acceptors (Lipinski definition) is 6. The second-order valence-electron chi connectivity index (χ2n) is 15.3. The summed E-state index contributed by atoms with van der Waals surface area (Å²) in [7, 11) is -7.61. The molecule has 2 amide bonds. The minimum absolute atomic E-state index is 0.00201. The summed E-state index contributed by atoms with van der Waals surface area (Å²) in [6, 6.07) is -0.697. The topological polar surface area (TPSA) is 109 Å². The number of nitrogens with zero attached hydrogens (tertiary/aromatic N) is 2. The maximum atomic E-state index is 14.2. The summed E-state index contributed by atoms with van der Waals surface area (Å²) in [6.07, 6.45) is 8.78. The molecule has 0 unspecified atom stereocenters. The summed E-state index contributed by atoms with van der Waals surface area (Å²) in [6.45, 7) is 10.7. The molecule has 6 fully saturated rings. The number of carbonyl (C=O) groups excluding carboxylic acids is 2. The number of amides is 2. The fourth-order valence-electron chi connectivity index (χ4n) is 10.8. The van der Waals surface area contributed by atoms with Crippen LogP contribution < -0.4 is 0 Å². The Kier molecular flexibility index (Phi) is 6.46. The van der Waals surface area contributed by atoms with Crippen molar-refractivity contribution >= 4 is 31.9 Å². The maximum Gasteiger partial charge on any atom is 0.239 e. The van der Waals surface area contributed by atoms with E-state index in [9.17, 15) is 26.4 Å². The Balaban J connectivity index is 1.28. The lowest BCUT2D eigenvalue weighted by molar-refractivity contribution is -0.139. The lowest BCUT2D eigenvalue weighted by Crippen LogP contribution is -2.48. The molecule has 0 N–H and O–H groups in total. The normalized spacial score (nSPS) is 41.3. The highest BCUT2D eigenvalue weighted by Crippen LogP contribution is 2.71. The Labute approximate surface area is 241 Å². The molecule has 10 heteroatoms. The lowest BCUT2D eigenvalue weighted by Gasteiger charge is -2.38. The van der Waals surface area contributed by atoms with E-state index < -0.39 is 48.6 Å². The maximum absolute atomic E-state index is 14.2. The average Bonchev–Trinajstić information content (AvgIpc) is 3.54. The molecule has 2 heterocycles. The zero-order valence-corrected chi connectivity index (χ0v) is 26.6. The van der Waals surface area contributed by atoms with Crippen LogP contribution in [0, 0.1) is 39.4 Å². The van der Waals surface area contributed by atoms with Gasteiger partial charge in [0.2, 0.25) is 31.9 Å². The van der Waals surface area contributed by atoms with Gasteiger partial charge in [0.1, 0.15) is 0 Å². The number of sulfonamides is 2. The minimum Gasteiger partial charge on any atom is -0.274 e. The number of carbonyl (C=O) groups is 2. The van der Waals surface area contributed by atoms with Crippen molar-refractivity contribution < 1.29 is 26.4 Å². The molecule has 2 aliphatic heterocycles. The first kappa shape index (κ1) is 28.9. The summed E-state index contributed by atoms with van der Waals surface area (Å²) in [5, 5.41) is 0. The second kappa shape index (κ2) is 8.93. The third kappa shape index (κ3) is 3.59. The molecule has 2 spiro atoms. The van der Waals surface area contributed by atoms with Gasteiger partial charge < -0.3 is 0 Å². The van der Waals surface area contributed by atoms with E-state index in [1.807, 2.05) is 0 Å². The Hall–Kier alpha value is -1.16. The standard InChI is InChI=1S/C30H48N2O6S2/c1-6-7-8-9-10-20(26(34)32-24-17-22-12-14-30(24,28(22,4)5)19-40(32,37)38)15-25(33)31-23-16-21-11-13-29(23,27(21,2)3)18-39(31,35)36/h20-24H,6-19H2,1-5H3/t20-,21-,22-,23-,24-,29-,30-/m1/s1. The lowest BCUT2D eigenvalue weighted by atomic mass is 9.69. The van der Waals surface area contributed by atoms with Gasteiger partial charge in [-0.25, -0.2) is 25.4 Å². The van der Waals surface area contributed by atoms with Gasteiger partial charge >= 0.3 is 0 Å². The summed E-state index contributed by atoms with van der Waals surface area (Å²) in [5.41, 5.74) is -1.16. The highest BCUT2D eigenvalue weighted by atomic mass is 32.2. The highest BCUT2D eigenvalue weighted by Gasteiger charge is 2.74. The highest BCUT2D eigenvalue weighted by molar-refractivity contribution is 7.90. The van der Waals surface area contributed by atoms with E-state index in [1.54, 1.807) is 0 Å². The molecule has 226 valence electrons. The monoisotopic (exact) mass is 596 g/mol. The van der Waals surface area contributed by atoms with Crippen molar-refractivity contribution in [3.05, 3.63) is 0 Å². The summed E-state index contributed by atoms with van der Waals surface area (Å²) < 4.78 is 56.6. The van der Waals surface area contributed by atoms with E-state index in [-0.39, 0.29) is 40.8 Å². The summed E-state index contributed by atoms with van der Waals surface area (Å²) in [4.78, 5) is 28.2. The molecular weight excluding hydrogens is 548 g/mol. The molecule has 0 radical (unpaired) electrons. The molecule has 2 saturated heterocycles. The zero-order chi connectivity index (χ0) is 29.1. The van der Waals surface area contributed by atoms with Crippen LogP contribution in [-0.2, 0) is 29.6 Å². The molecule has 4 saturated carbocycles. The van der Waals surface area contributed by atoms with Gasteiger partial charge in [-0.1, -0.05) is 60.3 Å². The van der Waals surface area contributed by atoms with Gasteiger partial charge in [0.25, 0.3) is 0 Å². The summed E-state index contributed by atoms with van der Waals surface area (Å²) in [5.74, 6) is -1.04. The third-order valence-corrected chi connectivity index (χ3v) is 17.3. The predicted octanol–water partition coefficient (Wildman–Crippen LogP) is 4.70. The minimum atomic E-state index is -3.82. The first-order chi connectivity index (χ1) is 18.6. The van der Waals surface area contributed by atoms with E-state index in [2.05, 4.69) is 34.6 Å². The molecule has 0 aromatic heterocycles. The van der Waals surface area contributed by atoms with Crippen LogP contribution in [0.4, 0.5) is 0 Å². The van der Waals surface area contributed by atoms with Crippen LogP contribution in [0.25, 0.3) is 0 Å². The first-order valence-electron chi connectivity index (χ1n) is 15.7. The van der Waals surface area contributed by atoms with Crippen molar-refractivity contribution in [2.45, 2.75) is 124 Å². The fourth-order valence-corrected chi connectivity index (χ4v) is 16.0. The van der Waals surface area contributed by atoms with Crippen LogP contribution in [-0.4, -0.2) is 60.8 Å². The smallest absolute Gasteiger partial charge is 0.239 e. The van der Waals surface area contributed by atoms with Gasteiger partial charge in [0.05, 0.1) is 23.6 Å². The Morgan fingerprint density at radius 3 is 1.77 bits per heavy atom. The van der Waals surface area contributed by atoms with Crippen LogP contribution in [0.2, 0.25) is 0 Å².